The van der Waals surface area contributed by atoms with Gasteiger partial charge >= 0.3 is 0 Å². The average Bonchev–Trinajstić information content (AvgIpc) is 3.00. The number of aromatic hydroxyl groups is 1. The van der Waals surface area contributed by atoms with Gasteiger partial charge in [0.2, 0.25) is 0 Å². The molecule has 40 heavy (non-hydrogen) atoms. The zero-order chi connectivity index (χ0) is 31.7. The third kappa shape index (κ3) is 6.54. The minimum Gasteiger partial charge on any atom is -0.507 e. The first-order valence-electron chi connectivity index (χ1n) is 15.1. The zero-order valence-electron chi connectivity index (χ0n) is 27.7. The van der Waals surface area contributed by atoms with Crippen LogP contribution in [0.4, 0.5) is 0 Å². The SMILES string of the molecule is Cc1ccc(O)c(-c2ccccn2)c1.[2H]c1c([2H])c([2H])c(-c2cc3ccnc(-c4[c-]c(C)cc(C)c4)c3cc2C)c([2H])c1[2H].[Ir]. The first-order chi connectivity index (χ1) is 21.0. The molecule has 3 nitrogen and oxygen atoms in total. The van der Waals surface area contributed by atoms with E-state index < -0.39 is 0 Å². The number of benzene rings is 4. The van der Waals surface area contributed by atoms with Crippen LogP contribution in [0.25, 0.3) is 44.4 Å². The molecule has 4 aromatic carbocycles. The number of rotatable bonds is 3. The fourth-order valence-corrected chi connectivity index (χ4v) is 4.60. The van der Waals surface area contributed by atoms with Gasteiger partial charge in [-0.1, -0.05) is 67.8 Å². The van der Waals surface area contributed by atoms with Gasteiger partial charge in [-0.2, -0.15) is 0 Å². The van der Waals surface area contributed by atoms with Crippen molar-refractivity contribution in [3.05, 3.63) is 138 Å². The Hall–Kier alpha value is -4.11. The Morgan fingerprint density at radius 3 is 2.27 bits per heavy atom. The second kappa shape index (κ2) is 12.8. The van der Waals surface area contributed by atoms with Crippen LogP contribution in [0.2, 0.25) is 0 Å². The first-order valence-corrected chi connectivity index (χ1v) is 12.6. The van der Waals surface area contributed by atoms with Crippen LogP contribution in [0.15, 0.2) is 109 Å². The Balaban J connectivity index is 0.000000258. The number of hydrogen-bond donors (Lipinski definition) is 1. The molecule has 0 unspecified atom stereocenters. The van der Waals surface area contributed by atoms with Gasteiger partial charge in [0.25, 0.3) is 0 Å². The molecule has 0 bridgehead atoms. The summed E-state index contributed by atoms with van der Waals surface area (Å²) >= 11 is 0. The molecule has 1 radical (unpaired) electrons. The van der Waals surface area contributed by atoms with Crippen LogP contribution < -0.4 is 0 Å². The predicted molar refractivity (Wildman–Crippen MR) is 162 cm³/mol. The molecule has 0 spiro atoms. The number of aromatic nitrogens is 2. The number of phenolic OH excluding ortho intramolecular Hbond substituents is 1. The van der Waals surface area contributed by atoms with Crippen LogP contribution in [-0.4, -0.2) is 15.1 Å². The van der Waals surface area contributed by atoms with Gasteiger partial charge in [0.05, 0.1) is 12.5 Å². The normalized spacial score (nSPS) is 12.2. The Labute approximate surface area is 257 Å². The molecule has 0 fully saturated rings. The van der Waals surface area contributed by atoms with Crippen molar-refractivity contribution in [2.75, 3.05) is 0 Å². The molecule has 0 aliphatic carbocycles. The number of aryl methyl sites for hydroxylation is 4. The number of hydrogen-bond acceptors (Lipinski definition) is 3. The third-order valence-corrected chi connectivity index (χ3v) is 6.37. The summed E-state index contributed by atoms with van der Waals surface area (Å²) in [4.78, 5) is 8.78. The van der Waals surface area contributed by atoms with Crippen molar-refractivity contribution in [2.45, 2.75) is 27.7 Å². The van der Waals surface area contributed by atoms with E-state index in [0.717, 1.165) is 55.5 Å². The summed E-state index contributed by atoms with van der Waals surface area (Å²) in [5, 5.41) is 11.5. The molecule has 0 saturated heterocycles. The van der Waals surface area contributed by atoms with E-state index >= 15 is 0 Å². The summed E-state index contributed by atoms with van der Waals surface area (Å²) < 4.78 is 40.4. The number of nitrogens with zero attached hydrogens (tertiary/aromatic N) is 2. The summed E-state index contributed by atoms with van der Waals surface area (Å²) in [5.74, 6) is 0.273. The molecule has 0 saturated carbocycles. The van der Waals surface area contributed by atoms with Crippen molar-refractivity contribution in [3.8, 4) is 39.4 Å². The fraction of sp³-hybridized carbons (Fsp3) is 0.111. The van der Waals surface area contributed by atoms with Crippen LogP contribution in [0.3, 0.4) is 0 Å². The molecule has 0 aliphatic rings. The van der Waals surface area contributed by atoms with Gasteiger partial charge in [-0.15, -0.1) is 34.9 Å². The van der Waals surface area contributed by atoms with Gasteiger partial charge in [0, 0.05) is 38.1 Å². The topological polar surface area (TPSA) is 46.0 Å². The second-order valence-corrected chi connectivity index (χ2v) is 9.54. The van der Waals surface area contributed by atoms with Gasteiger partial charge < -0.3 is 10.1 Å². The maximum atomic E-state index is 9.65. The summed E-state index contributed by atoms with van der Waals surface area (Å²) in [6, 6.07) is 22.9. The van der Waals surface area contributed by atoms with Gasteiger partial charge in [-0.05, 0) is 83.4 Å². The summed E-state index contributed by atoms with van der Waals surface area (Å²) in [7, 11) is 0. The minimum atomic E-state index is -0.385. The largest absolute Gasteiger partial charge is 0.507 e. The van der Waals surface area contributed by atoms with Crippen LogP contribution >= 0.6 is 0 Å². The first kappa shape index (κ1) is 22.7. The summed E-state index contributed by atoms with van der Waals surface area (Å²) in [5.41, 5.74) is 8.26. The van der Waals surface area contributed by atoms with Crippen LogP contribution in [0, 0.1) is 33.8 Å². The molecule has 6 rings (SSSR count). The van der Waals surface area contributed by atoms with E-state index in [0.29, 0.717) is 5.56 Å². The Morgan fingerprint density at radius 1 is 0.750 bits per heavy atom. The van der Waals surface area contributed by atoms with Crippen molar-refractivity contribution in [3.63, 3.8) is 0 Å². The second-order valence-electron chi connectivity index (χ2n) is 9.54. The van der Waals surface area contributed by atoms with Gasteiger partial charge in [-0.25, -0.2) is 0 Å². The average molecular weight is 705 g/mol. The molecule has 6 aromatic rings. The van der Waals surface area contributed by atoms with Crippen molar-refractivity contribution in [1.82, 2.24) is 9.97 Å². The van der Waals surface area contributed by atoms with E-state index in [4.69, 9.17) is 6.85 Å². The Bertz CT molecular complexity index is 1980. The quantitative estimate of drug-likeness (QED) is 0.187. The van der Waals surface area contributed by atoms with E-state index in [1.165, 1.54) is 0 Å². The van der Waals surface area contributed by atoms with E-state index in [1.54, 1.807) is 18.5 Å². The van der Waals surface area contributed by atoms with Gasteiger partial charge in [0.1, 0.15) is 5.75 Å². The summed E-state index contributed by atoms with van der Waals surface area (Å²) in [6.45, 7) is 7.92. The number of fused-ring (bicyclic) bond motifs is 1. The summed E-state index contributed by atoms with van der Waals surface area (Å²) in [6.07, 6.45) is 3.45. The number of pyridine rings is 2. The standard InChI is InChI=1S/C24H20N.C12H11NO.Ir/c1-16-11-17(2)13-21(12-16)24-23-14-18(3)22(15-20(23)9-10-25-24)19-7-5-4-6-8-19;1-9-5-6-12(14)10(8-9)11-4-2-3-7-13-11;/h4-12,14-15H,1-3H3;2-8,14H,1H3;/q-1;;/i4D,5D,6D,7D,8D;;. The van der Waals surface area contributed by atoms with Crippen LogP contribution in [-0.2, 0) is 20.1 Å². The number of phenols is 1. The molecule has 4 heteroatoms. The predicted octanol–water partition coefficient (Wildman–Crippen LogP) is 9.05. The Morgan fingerprint density at radius 2 is 1.55 bits per heavy atom. The zero-order valence-corrected chi connectivity index (χ0v) is 25.1. The molecule has 1 N–H and O–H groups in total. The molecule has 2 aromatic heterocycles. The van der Waals surface area contributed by atoms with E-state index in [2.05, 4.69) is 22.1 Å². The maximum absolute atomic E-state index is 9.65. The molecule has 0 amide bonds. The molecular weight excluding hydrogens is 669 g/mol. The van der Waals surface area contributed by atoms with Crippen molar-refractivity contribution < 1.29 is 32.1 Å². The van der Waals surface area contributed by atoms with Crippen molar-refractivity contribution in [2.24, 2.45) is 0 Å². The molecular formula is C36H31IrN2O-. The van der Waals surface area contributed by atoms with Gasteiger partial charge in [-0.3, -0.25) is 4.98 Å². The monoisotopic (exact) mass is 705 g/mol. The molecule has 201 valence electrons. The van der Waals surface area contributed by atoms with Gasteiger partial charge in [0.15, 0.2) is 0 Å². The fourth-order valence-electron chi connectivity index (χ4n) is 4.60. The van der Waals surface area contributed by atoms with Crippen LogP contribution in [0.1, 0.15) is 29.1 Å². The molecule has 0 atom stereocenters. The van der Waals surface area contributed by atoms with E-state index in [-0.39, 0.29) is 61.6 Å². The molecule has 2 heterocycles. The Kier molecular flexibility index (Phi) is 7.27. The third-order valence-electron chi connectivity index (χ3n) is 6.37. The van der Waals surface area contributed by atoms with E-state index in [1.807, 2.05) is 82.3 Å². The maximum Gasteiger partial charge on any atom is 0.124 e. The van der Waals surface area contributed by atoms with Crippen molar-refractivity contribution >= 4 is 10.8 Å². The van der Waals surface area contributed by atoms with E-state index in [9.17, 15) is 5.11 Å². The smallest absolute Gasteiger partial charge is 0.124 e. The van der Waals surface area contributed by atoms with Crippen molar-refractivity contribution in [1.29, 1.82) is 0 Å². The molecule has 0 aliphatic heterocycles. The van der Waals surface area contributed by atoms with Crippen LogP contribution in [0.5, 0.6) is 5.75 Å². The minimum absolute atomic E-state index is 0.